The number of rotatable bonds is 4. The number of methoxy groups -OCH3 is 1. The number of ether oxygens (including phenoxy) is 1. The van der Waals surface area contributed by atoms with E-state index < -0.39 is 15.9 Å². The lowest BCUT2D eigenvalue weighted by atomic mass is 10.2. The molecule has 8 heteroatoms. The van der Waals surface area contributed by atoms with Gasteiger partial charge in [0, 0.05) is 50.3 Å². The van der Waals surface area contributed by atoms with Crippen LogP contribution in [0, 0.1) is 10.1 Å². The van der Waals surface area contributed by atoms with Crippen molar-refractivity contribution in [1.82, 2.24) is 4.31 Å². The van der Waals surface area contributed by atoms with E-state index in [0.29, 0.717) is 13.1 Å². The summed E-state index contributed by atoms with van der Waals surface area (Å²) in [7, 11) is 0.474. The minimum absolute atomic E-state index is 0.0375. The van der Waals surface area contributed by atoms with Gasteiger partial charge in [-0.05, 0) is 6.07 Å². The maximum Gasteiger partial charge on any atom is 0.311 e. The second kappa shape index (κ2) is 6.19. The number of hydrogen-bond donors (Lipinski definition) is 0. The maximum absolute atomic E-state index is 11.4. The SMILES string of the molecule is COc1cc(N2CCN(S(C)=O)CC2)ccc1[N+](=O)[O-]. The number of anilines is 1. The summed E-state index contributed by atoms with van der Waals surface area (Å²) in [5.74, 6) is 0.258. The van der Waals surface area contributed by atoms with Crippen LogP contribution in [-0.2, 0) is 11.0 Å². The van der Waals surface area contributed by atoms with Crippen LogP contribution in [0.5, 0.6) is 5.75 Å². The fourth-order valence-electron chi connectivity index (χ4n) is 2.22. The molecule has 1 aliphatic heterocycles. The highest BCUT2D eigenvalue weighted by Crippen LogP contribution is 2.31. The molecule has 7 nitrogen and oxygen atoms in total. The number of nitrogens with zero attached hydrogens (tertiary/aromatic N) is 3. The van der Waals surface area contributed by atoms with Gasteiger partial charge in [0.05, 0.1) is 23.0 Å². The highest BCUT2D eigenvalue weighted by Gasteiger charge is 2.22. The van der Waals surface area contributed by atoms with E-state index in [9.17, 15) is 14.3 Å². The molecule has 1 saturated heterocycles. The zero-order valence-electron chi connectivity index (χ0n) is 11.4. The van der Waals surface area contributed by atoms with E-state index in [4.69, 9.17) is 4.74 Å². The fraction of sp³-hybridized carbons (Fsp3) is 0.500. The van der Waals surface area contributed by atoms with E-state index in [1.54, 1.807) is 18.4 Å². The highest BCUT2D eigenvalue weighted by atomic mass is 32.2. The molecule has 1 aromatic carbocycles. The van der Waals surface area contributed by atoms with Gasteiger partial charge in [0.1, 0.15) is 0 Å². The van der Waals surface area contributed by atoms with E-state index in [0.717, 1.165) is 18.8 Å². The minimum atomic E-state index is -0.947. The summed E-state index contributed by atoms with van der Waals surface area (Å²) >= 11 is 0. The monoisotopic (exact) mass is 299 g/mol. The Bertz CT molecular complexity index is 529. The van der Waals surface area contributed by atoms with E-state index in [1.165, 1.54) is 13.2 Å². The van der Waals surface area contributed by atoms with Crippen LogP contribution in [-0.4, -0.2) is 53.0 Å². The fourth-order valence-corrected chi connectivity index (χ4v) is 2.89. The largest absolute Gasteiger partial charge is 0.490 e. The molecule has 1 fully saturated rings. The van der Waals surface area contributed by atoms with Crippen molar-refractivity contribution < 1.29 is 13.9 Å². The predicted molar refractivity (Wildman–Crippen MR) is 77.5 cm³/mol. The Morgan fingerprint density at radius 2 is 1.95 bits per heavy atom. The summed E-state index contributed by atoms with van der Waals surface area (Å²) in [6.07, 6.45) is 1.67. The standard InChI is InChI=1S/C12H17N3O4S/c1-19-12-9-10(3-4-11(12)15(16)17)13-5-7-14(8-6-13)20(2)18/h3-4,9H,5-8H2,1-2H3. The van der Waals surface area contributed by atoms with E-state index in [2.05, 4.69) is 4.90 Å². The summed E-state index contributed by atoms with van der Waals surface area (Å²) < 4.78 is 18.4. The first-order chi connectivity index (χ1) is 9.52. The van der Waals surface area contributed by atoms with E-state index in [-0.39, 0.29) is 11.4 Å². The normalized spacial score (nSPS) is 17.8. The van der Waals surface area contributed by atoms with Crippen molar-refractivity contribution in [2.24, 2.45) is 0 Å². The smallest absolute Gasteiger partial charge is 0.311 e. The summed E-state index contributed by atoms with van der Waals surface area (Å²) in [6.45, 7) is 2.89. The quantitative estimate of drug-likeness (QED) is 0.613. The van der Waals surface area contributed by atoms with Gasteiger partial charge in [-0.15, -0.1) is 0 Å². The third-order valence-corrected chi connectivity index (χ3v) is 4.42. The van der Waals surface area contributed by atoms with Crippen LogP contribution in [0.15, 0.2) is 18.2 Å². The van der Waals surface area contributed by atoms with Gasteiger partial charge in [0.15, 0.2) is 5.75 Å². The molecule has 1 atom stereocenters. The molecule has 110 valence electrons. The van der Waals surface area contributed by atoms with E-state index in [1.807, 2.05) is 4.31 Å². The third-order valence-electron chi connectivity index (χ3n) is 3.33. The molecule has 1 heterocycles. The number of nitro groups is 1. The number of piperazine rings is 1. The number of nitro benzene ring substituents is 1. The molecule has 0 aliphatic carbocycles. The molecule has 0 saturated carbocycles. The third kappa shape index (κ3) is 3.07. The Morgan fingerprint density at radius 1 is 1.30 bits per heavy atom. The molecular formula is C12H17N3O4S. The van der Waals surface area contributed by atoms with Crippen molar-refractivity contribution in [3.05, 3.63) is 28.3 Å². The molecule has 1 aliphatic rings. The summed E-state index contributed by atoms with van der Waals surface area (Å²) in [5, 5.41) is 10.9. The highest BCUT2D eigenvalue weighted by molar-refractivity contribution is 7.81. The Labute approximate surface area is 119 Å². The second-order valence-electron chi connectivity index (χ2n) is 4.45. The Balaban J connectivity index is 2.14. The van der Waals surface area contributed by atoms with Crippen molar-refractivity contribution in [3.8, 4) is 5.75 Å². The van der Waals surface area contributed by atoms with Gasteiger partial charge in [0.2, 0.25) is 0 Å². The minimum Gasteiger partial charge on any atom is -0.490 e. The van der Waals surface area contributed by atoms with Crippen LogP contribution in [0.4, 0.5) is 11.4 Å². The molecule has 0 aromatic heterocycles. The molecule has 0 amide bonds. The first-order valence-electron chi connectivity index (χ1n) is 6.19. The van der Waals surface area contributed by atoms with Gasteiger partial charge in [-0.25, -0.2) is 8.51 Å². The van der Waals surface area contributed by atoms with Gasteiger partial charge in [-0.3, -0.25) is 10.1 Å². The average Bonchev–Trinajstić information content (AvgIpc) is 2.46. The summed E-state index contributed by atoms with van der Waals surface area (Å²) in [6, 6.07) is 4.86. The van der Waals surface area contributed by atoms with Crippen molar-refractivity contribution in [1.29, 1.82) is 0 Å². The molecular weight excluding hydrogens is 282 g/mol. The van der Waals surface area contributed by atoms with Crippen molar-refractivity contribution in [2.75, 3.05) is 44.4 Å². The zero-order chi connectivity index (χ0) is 14.7. The Kier molecular flexibility index (Phi) is 4.56. The van der Waals surface area contributed by atoms with Crippen LogP contribution in [0.3, 0.4) is 0 Å². The van der Waals surface area contributed by atoms with Gasteiger partial charge < -0.3 is 9.64 Å². The summed E-state index contributed by atoms with van der Waals surface area (Å²) in [4.78, 5) is 12.5. The van der Waals surface area contributed by atoms with Crippen LogP contribution < -0.4 is 9.64 Å². The average molecular weight is 299 g/mol. The molecule has 1 unspecified atom stereocenters. The molecule has 20 heavy (non-hydrogen) atoms. The number of benzene rings is 1. The maximum atomic E-state index is 11.4. The molecule has 0 radical (unpaired) electrons. The van der Waals surface area contributed by atoms with Gasteiger partial charge in [-0.2, -0.15) is 0 Å². The van der Waals surface area contributed by atoms with Crippen LogP contribution in [0.2, 0.25) is 0 Å². The van der Waals surface area contributed by atoms with Crippen molar-refractivity contribution >= 4 is 22.4 Å². The lowest BCUT2D eigenvalue weighted by Crippen LogP contribution is -2.46. The summed E-state index contributed by atoms with van der Waals surface area (Å²) in [5.41, 5.74) is 0.846. The van der Waals surface area contributed by atoms with Gasteiger partial charge in [0.25, 0.3) is 0 Å². The molecule has 2 rings (SSSR count). The zero-order valence-corrected chi connectivity index (χ0v) is 12.3. The van der Waals surface area contributed by atoms with Crippen LogP contribution in [0.25, 0.3) is 0 Å². The molecule has 0 bridgehead atoms. The first-order valence-corrected chi connectivity index (χ1v) is 7.70. The topological polar surface area (TPSA) is 75.9 Å². The lowest BCUT2D eigenvalue weighted by Gasteiger charge is -2.34. The van der Waals surface area contributed by atoms with Crippen LogP contribution in [0.1, 0.15) is 0 Å². The van der Waals surface area contributed by atoms with Crippen molar-refractivity contribution in [2.45, 2.75) is 0 Å². The van der Waals surface area contributed by atoms with Gasteiger partial charge in [-0.1, -0.05) is 0 Å². The predicted octanol–water partition coefficient (Wildman–Crippen LogP) is 1.02. The van der Waals surface area contributed by atoms with Crippen molar-refractivity contribution in [3.63, 3.8) is 0 Å². The molecule has 1 aromatic rings. The number of hydrogen-bond acceptors (Lipinski definition) is 5. The Morgan fingerprint density at radius 3 is 2.45 bits per heavy atom. The van der Waals surface area contributed by atoms with Crippen LogP contribution >= 0.6 is 0 Å². The lowest BCUT2D eigenvalue weighted by molar-refractivity contribution is -0.385. The van der Waals surface area contributed by atoms with Gasteiger partial charge >= 0.3 is 5.69 Å². The Hall–Kier alpha value is -1.67. The molecule has 0 spiro atoms. The second-order valence-corrected chi connectivity index (χ2v) is 5.82. The first kappa shape index (κ1) is 14.7. The molecule has 0 N–H and O–H groups in total. The van der Waals surface area contributed by atoms with E-state index >= 15 is 0 Å².